The number of halogens is 1. The van der Waals surface area contributed by atoms with Crippen molar-refractivity contribution in [1.29, 1.82) is 0 Å². The fourth-order valence-electron chi connectivity index (χ4n) is 2.46. The third-order valence-electron chi connectivity index (χ3n) is 3.61. The molecule has 28 heavy (non-hydrogen) atoms. The van der Waals surface area contributed by atoms with Gasteiger partial charge in [0.15, 0.2) is 11.5 Å². The van der Waals surface area contributed by atoms with Gasteiger partial charge in [0.1, 0.15) is 5.82 Å². The molecule has 0 radical (unpaired) electrons. The van der Waals surface area contributed by atoms with Gasteiger partial charge in [-0.15, -0.1) is 0 Å². The third kappa shape index (κ3) is 4.35. The van der Waals surface area contributed by atoms with E-state index in [1.54, 1.807) is 13.0 Å². The second-order valence-electron chi connectivity index (χ2n) is 5.62. The number of nitrogens with one attached hydrogen (secondary N) is 1. The molecule has 0 unspecified atom stereocenters. The smallest absolute Gasteiger partial charge is 0.361 e. The number of hydrogen-bond donors (Lipinski definition) is 2. The third-order valence-corrected chi connectivity index (χ3v) is 4.13. The van der Waals surface area contributed by atoms with Gasteiger partial charge in [-0.3, -0.25) is 4.72 Å². The van der Waals surface area contributed by atoms with Crippen LogP contribution in [0.5, 0.6) is 0 Å². The molecule has 10 heteroatoms. The predicted molar refractivity (Wildman–Crippen MR) is 100 cm³/mol. The van der Waals surface area contributed by atoms with Gasteiger partial charge >= 0.3 is 5.97 Å². The van der Waals surface area contributed by atoms with E-state index in [0.29, 0.717) is 5.56 Å². The van der Waals surface area contributed by atoms with E-state index in [0.717, 1.165) is 0 Å². The van der Waals surface area contributed by atoms with Crippen molar-refractivity contribution in [3.05, 3.63) is 60.0 Å². The molecule has 3 rings (SSSR count). The topological polar surface area (TPSA) is 125 Å². The molecule has 1 heterocycles. The average Bonchev–Trinajstić information content (AvgIpc) is 3.07. The Morgan fingerprint density at radius 2 is 1.89 bits per heavy atom. The Bertz CT molecular complexity index is 1110. The minimum absolute atomic E-state index is 0.0684. The van der Waals surface area contributed by atoms with Crippen LogP contribution in [0.3, 0.4) is 0 Å². The maximum absolute atomic E-state index is 14.1. The van der Waals surface area contributed by atoms with Crippen molar-refractivity contribution in [3.63, 3.8) is 0 Å². The number of benzene rings is 2. The average molecular weight is 405 g/mol. The fourth-order valence-corrected chi connectivity index (χ4v) is 2.92. The summed E-state index contributed by atoms with van der Waals surface area (Å²) >= 11 is 0. The summed E-state index contributed by atoms with van der Waals surface area (Å²) in [6, 6.07) is 11.7. The molecule has 146 valence electrons. The molecule has 0 aliphatic carbocycles. The molecule has 0 spiro atoms. The fraction of sp³-hybridized carbons (Fsp3) is 0.111. The number of aromatic nitrogens is 1. The number of rotatable bonds is 6. The first-order valence-corrected chi connectivity index (χ1v) is 9.67. The first-order chi connectivity index (χ1) is 13.3. The lowest BCUT2D eigenvalue weighted by molar-refractivity contribution is 0.0520. The second-order valence-corrected chi connectivity index (χ2v) is 6.92. The quantitative estimate of drug-likeness (QED) is 0.608. The maximum Gasteiger partial charge on any atom is 0.361 e. The lowest BCUT2D eigenvalue weighted by Crippen LogP contribution is -2.21. The highest BCUT2D eigenvalue weighted by molar-refractivity contribution is 7.90. The van der Waals surface area contributed by atoms with Crippen LogP contribution in [-0.4, -0.2) is 26.0 Å². The van der Waals surface area contributed by atoms with Crippen molar-refractivity contribution in [2.45, 2.75) is 6.92 Å². The number of esters is 1. The van der Waals surface area contributed by atoms with Crippen LogP contribution in [-0.2, 0) is 14.9 Å². The van der Waals surface area contributed by atoms with E-state index < -0.39 is 22.0 Å². The number of hydrogen-bond acceptors (Lipinski definition) is 6. The van der Waals surface area contributed by atoms with Gasteiger partial charge in [-0.2, -0.15) is 8.42 Å². The number of carbonyl (C=O) groups is 1. The Balaban J connectivity index is 2.06. The van der Waals surface area contributed by atoms with Gasteiger partial charge in [0.05, 0.1) is 12.2 Å². The van der Waals surface area contributed by atoms with Gasteiger partial charge in [0.2, 0.25) is 5.89 Å². The van der Waals surface area contributed by atoms with E-state index in [1.165, 1.54) is 42.5 Å². The molecule has 0 aliphatic heterocycles. The van der Waals surface area contributed by atoms with Crippen LogP contribution in [0.15, 0.2) is 52.9 Å². The zero-order valence-electron chi connectivity index (χ0n) is 14.7. The summed E-state index contributed by atoms with van der Waals surface area (Å²) in [7, 11) is -3.92. The molecular formula is C18H16FN3O5S. The maximum atomic E-state index is 14.1. The van der Waals surface area contributed by atoms with Crippen molar-refractivity contribution in [2.75, 3.05) is 11.3 Å². The number of nitrogens with zero attached hydrogens (tertiary/aromatic N) is 1. The predicted octanol–water partition coefficient (Wildman–Crippen LogP) is 2.94. The molecule has 0 atom stereocenters. The Kier molecular flexibility index (Phi) is 5.43. The summed E-state index contributed by atoms with van der Waals surface area (Å²) in [5.74, 6) is -1.30. The largest absolute Gasteiger partial charge is 0.461 e. The van der Waals surface area contributed by atoms with E-state index in [9.17, 15) is 17.6 Å². The van der Waals surface area contributed by atoms with Gasteiger partial charge in [0, 0.05) is 11.3 Å². The van der Waals surface area contributed by atoms with Crippen molar-refractivity contribution < 1.29 is 26.8 Å². The molecule has 0 fully saturated rings. The van der Waals surface area contributed by atoms with E-state index >= 15 is 0 Å². The number of oxazole rings is 1. The first kappa shape index (κ1) is 19.5. The highest BCUT2D eigenvalue weighted by Crippen LogP contribution is 2.32. The van der Waals surface area contributed by atoms with Crippen molar-refractivity contribution in [3.8, 4) is 22.8 Å². The van der Waals surface area contributed by atoms with Crippen LogP contribution in [0, 0.1) is 5.82 Å². The summed E-state index contributed by atoms with van der Waals surface area (Å²) in [6.45, 7) is 1.76. The van der Waals surface area contributed by atoms with Gasteiger partial charge in [-0.1, -0.05) is 12.1 Å². The van der Waals surface area contributed by atoms with Gasteiger partial charge in [-0.25, -0.2) is 19.3 Å². The SMILES string of the molecule is CCOC(=O)c1nc(-c2ccccc2F)oc1-c1ccc(NS(N)(=O)=O)cc1. The highest BCUT2D eigenvalue weighted by atomic mass is 32.2. The summed E-state index contributed by atoms with van der Waals surface area (Å²) in [5, 5.41) is 4.93. The van der Waals surface area contributed by atoms with Gasteiger partial charge < -0.3 is 9.15 Å². The Morgan fingerprint density at radius 3 is 2.50 bits per heavy atom. The van der Waals surface area contributed by atoms with Crippen LogP contribution >= 0.6 is 0 Å². The molecule has 0 saturated carbocycles. The van der Waals surface area contributed by atoms with E-state index in [-0.39, 0.29) is 35.2 Å². The standard InChI is InChI=1S/C18H16FN3O5S/c1-2-26-18(23)15-16(11-7-9-12(10-8-11)22-28(20,24)25)27-17(21-15)13-5-3-4-6-14(13)19/h3-10,22H,2H2,1H3,(H2,20,24,25). The lowest BCUT2D eigenvalue weighted by Gasteiger charge is -2.05. The van der Waals surface area contributed by atoms with E-state index in [2.05, 4.69) is 9.71 Å². The Hall–Kier alpha value is -3.24. The second kappa shape index (κ2) is 7.79. The van der Waals surface area contributed by atoms with Gasteiger partial charge in [-0.05, 0) is 43.3 Å². The molecule has 0 saturated heterocycles. The summed E-state index contributed by atoms with van der Waals surface area (Å²) in [4.78, 5) is 16.4. The van der Waals surface area contributed by atoms with Crippen LogP contribution in [0.2, 0.25) is 0 Å². The zero-order chi connectivity index (χ0) is 20.3. The lowest BCUT2D eigenvalue weighted by atomic mass is 10.1. The Labute approximate surface area is 160 Å². The zero-order valence-corrected chi connectivity index (χ0v) is 15.5. The van der Waals surface area contributed by atoms with Crippen molar-refractivity contribution in [2.24, 2.45) is 5.14 Å². The summed E-state index contributed by atoms with van der Waals surface area (Å²) in [5.41, 5.74) is 0.606. The molecule has 3 aromatic rings. The van der Waals surface area contributed by atoms with E-state index in [4.69, 9.17) is 14.3 Å². The van der Waals surface area contributed by atoms with Crippen LogP contribution in [0.1, 0.15) is 17.4 Å². The number of anilines is 1. The molecule has 1 aromatic heterocycles. The minimum Gasteiger partial charge on any atom is -0.461 e. The van der Waals surface area contributed by atoms with Crippen molar-refractivity contribution in [1.82, 2.24) is 4.98 Å². The summed E-state index contributed by atoms with van der Waals surface area (Å²) < 4.78 is 49.1. The van der Waals surface area contributed by atoms with Crippen molar-refractivity contribution >= 4 is 21.9 Å². The number of nitrogens with two attached hydrogens (primary N) is 1. The minimum atomic E-state index is -3.92. The molecular weight excluding hydrogens is 389 g/mol. The molecule has 0 aliphatic rings. The molecule has 2 aromatic carbocycles. The van der Waals surface area contributed by atoms with Gasteiger partial charge in [0.25, 0.3) is 10.2 Å². The number of ether oxygens (including phenoxy) is 1. The molecule has 0 amide bonds. The monoisotopic (exact) mass is 405 g/mol. The van der Waals surface area contributed by atoms with Crippen LogP contribution in [0.4, 0.5) is 10.1 Å². The van der Waals surface area contributed by atoms with Crippen LogP contribution < -0.4 is 9.86 Å². The molecule has 3 N–H and O–H groups in total. The normalized spacial score (nSPS) is 11.2. The van der Waals surface area contributed by atoms with E-state index in [1.807, 2.05) is 0 Å². The summed E-state index contributed by atoms with van der Waals surface area (Å²) in [6.07, 6.45) is 0. The highest BCUT2D eigenvalue weighted by Gasteiger charge is 2.24. The molecule has 0 bridgehead atoms. The molecule has 8 nitrogen and oxygen atoms in total. The van der Waals surface area contributed by atoms with Crippen LogP contribution in [0.25, 0.3) is 22.8 Å². The number of carbonyl (C=O) groups excluding carboxylic acids is 1. The first-order valence-electron chi connectivity index (χ1n) is 8.12. The Morgan fingerprint density at radius 1 is 1.21 bits per heavy atom.